The zero-order valence-corrected chi connectivity index (χ0v) is 18.1. The van der Waals surface area contributed by atoms with Gasteiger partial charge in [0.1, 0.15) is 0 Å². The van der Waals surface area contributed by atoms with E-state index in [-0.39, 0.29) is 0 Å². The number of rotatable bonds is 4. The van der Waals surface area contributed by atoms with Gasteiger partial charge >= 0.3 is 0 Å². The summed E-state index contributed by atoms with van der Waals surface area (Å²) in [7, 11) is 0. The minimum Gasteiger partial charge on any atom is -0.354 e. The van der Waals surface area contributed by atoms with Gasteiger partial charge in [-0.2, -0.15) is 0 Å². The summed E-state index contributed by atoms with van der Waals surface area (Å²) in [4.78, 5) is 5.18. The molecule has 0 saturated heterocycles. The van der Waals surface area contributed by atoms with Gasteiger partial charge in [0, 0.05) is 18.1 Å². The van der Waals surface area contributed by atoms with E-state index >= 15 is 0 Å². The van der Waals surface area contributed by atoms with Crippen LogP contribution in [0.4, 0.5) is 0 Å². The van der Waals surface area contributed by atoms with Crippen molar-refractivity contribution < 1.29 is 0 Å². The molecule has 0 spiro atoms. The Labute approximate surface area is 167 Å². The minimum absolute atomic E-state index is 0.341. The molecule has 3 atom stereocenters. The molecule has 3 unspecified atom stereocenters. The third-order valence-electron chi connectivity index (χ3n) is 7.14. The van der Waals surface area contributed by atoms with Crippen LogP contribution in [0.1, 0.15) is 104 Å². The molecule has 3 saturated carbocycles. The molecule has 0 amide bonds. The summed E-state index contributed by atoms with van der Waals surface area (Å²) in [6.07, 6.45) is 16.8. The van der Waals surface area contributed by atoms with Crippen molar-refractivity contribution in [3.05, 3.63) is 0 Å². The van der Waals surface area contributed by atoms with Gasteiger partial charge in [-0.15, -0.1) is 0 Å². The van der Waals surface area contributed by atoms with Crippen LogP contribution in [0.5, 0.6) is 0 Å². The van der Waals surface area contributed by atoms with E-state index in [0.29, 0.717) is 35.5 Å². The normalized spacial score (nSPS) is 32.1. The van der Waals surface area contributed by atoms with E-state index in [9.17, 15) is 0 Å². The number of guanidine groups is 1. The molecule has 0 heterocycles. The summed E-state index contributed by atoms with van der Waals surface area (Å²) in [5, 5.41) is 7.64. The number of nitrogens with zero attached hydrogens (tertiary/aromatic N) is 1. The molecule has 0 aromatic rings. The summed E-state index contributed by atoms with van der Waals surface area (Å²) in [6.45, 7) is 7.10. The second-order valence-electron chi connectivity index (χ2n) is 10.5. The molecule has 0 aromatic carbocycles. The first kappa shape index (κ1) is 21.0. The topological polar surface area (TPSA) is 62.4 Å². The Balaban J connectivity index is 1.64. The molecule has 4 nitrogen and oxygen atoms in total. The van der Waals surface area contributed by atoms with Crippen LogP contribution in [-0.2, 0) is 0 Å². The highest BCUT2D eigenvalue weighted by molar-refractivity contribution is 5.80. The van der Waals surface area contributed by atoms with Gasteiger partial charge in [0.2, 0.25) is 0 Å². The summed E-state index contributed by atoms with van der Waals surface area (Å²) in [5.41, 5.74) is 6.75. The van der Waals surface area contributed by atoms with Crippen molar-refractivity contribution >= 4 is 5.96 Å². The van der Waals surface area contributed by atoms with E-state index in [1.807, 2.05) is 0 Å². The Hall–Kier alpha value is -0.770. The number of hydrogen-bond donors (Lipinski definition) is 3. The molecule has 27 heavy (non-hydrogen) atoms. The molecule has 4 heteroatoms. The second-order valence-corrected chi connectivity index (χ2v) is 10.5. The molecule has 0 bridgehead atoms. The standard InChI is InChI=1S/C23H44N4/c1-17(18-14-19(24)16-23(2,3)15-18)25-22(26-20-10-6-4-7-11-20)27-21-12-8-5-9-13-21/h17-21H,4-16,24H2,1-3H3,(H2,25,26,27). The highest BCUT2D eigenvalue weighted by atomic mass is 15.2. The Morgan fingerprint density at radius 2 is 1.59 bits per heavy atom. The highest BCUT2D eigenvalue weighted by Crippen LogP contribution is 2.39. The van der Waals surface area contributed by atoms with Crippen molar-refractivity contribution in [1.29, 1.82) is 0 Å². The van der Waals surface area contributed by atoms with Crippen molar-refractivity contribution in [3.8, 4) is 0 Å². The number of nitrogens with two attached hydrogens (primary N) is 1. The van der Waals surface area contributed by atoms with E-state index in [2.05, 4.69) is 31.4 Å². The molecule has 0 radical (unpaired) electrons. The van der Waals surface area contributed by atoms with Crippen LogP contribution in [0.25, 0.3) is 0 Å². The van der Waals surface area contributed by atoms with Gasteiger partial charge in [-0.25, -0.2) is 4.99 Å². The van der Waals surface area contributed by atoms with Crippen molar-refractivity contribution in [1.82, 2.24) is 10.6 Å². The van der Waals surface area contributed by atoms with Gasteiger partial charge in [0.05, 0.1) is 6.04 Å². The van der Waals surface area contributed by atoms with Crippen molar-refractivity contribution in [2.45, 2.75) is 128 Å². The van der Waals surface area contributed by atoms with Gasteiger partial charge in [0.15, 0.2) is 5.96 Å². The Kier molecular flexibility index (Phi) is 7.47. The van der Waals surface area contributed by atoms with Crippen LogP contribution in [0.3, 0.4) is 0 Å². The van der Waals surface area contributed by atoms with Crippen LogP contribution in [-0.4, -0.2) is 30.1 Å². The van der Waals surface area contributed by atoms with Gasteiger partial charge in [0.25, 0.3) is 0 Å². The van der Waals surface area contributed by atoms with E-state index in [1.165, 1.54) is 70.6 Å². The van der Waals surface area contributed by atoms with E-state index in [1.54, 1.807) is 0 Å². The SMILES string of the molecule is CC(NC(=NC1CCCCC1)NC1CCCCC1)C1CC(N)CC(C)(C)C1. The van der Waals surface area contributed by atoms with Gasteiger partial charge in [-0.05, 0) is 63.2 Å². The van der Waals surface area contributed by atoms with Crippen LogP contribution < -0.4 is 16.4 Å². The zero-order chi connectivity index (χ0) is 19.3. The molecule has 4 N–H and O–H groups in total. The lowest BCUT2D eigenvalue weighted by atomic mass is 9.68. The first-order valence-electron chi connectivity index (χ1n) is 11.8. The van der Waals surface area contributed by atoms with Crippen molar-refractivity contribution in [2.75, 3.05) is 0 Å². The summed E-state index contributed by atoms with van der Waals surface area (Å²) >= 11 is 0. The van der Waals surface area contributed by atoms with E-state index in [4.69, 9.17) is 10.7 Å². The quantitative estimate of drug-likeness (QED) is 0.491. The predicted octanol–water partition coefficient (Wildman–Crippen LogP) is 4.73. The number of hydrogen-bond acceptors (Lipinski definition) is 2. The highest BCUT2D eigenvalue weighted by Gasteiger charge is 2.35. The maximum absolute atomic E-state index is 6.39. The molecule has 156 valence electrons. The second kappa shape index (κ2) is 9.62. The monoisotopic (exact) mass is 376 g/mol. The molecule has 0 aromatic heterocycles. The lowest BCUT2D eigenvalue weighted by Crippen LogP contribution is -2.52. The fourth-order valence-corrected chi connectivity index (χ4v) is 5.72. The zero-order valence-electron chi connectivity index (χ0n) is 18.1. The third kappa shape index (κ3) is 6.66. The van der Waals surface area contributed by atoms with E-state index < -0.39 is 0 Å². The first-order chi connectivity index (χ1) is 12.9. The summed E-state index contributed by atoms with van der Waals surface area (Å²) in [6, 6.07) is 1.88. The average molecular weight is 377 g/mol. The Morgan fingerprint density at radius 1 is 0.963 bits per heavy atom. The van der Waals surface area contributed by atoms with Gasteiger partial charge in [-0.3, -0.25) is 0 Å². The smallest absolute Gasteiger partial charge is 0.191 e. The van der Waals surface area contributed by atoms with Crippen molar-refractivity contribution in [3.63, 3.8) is 0 Å². The predicted molar refractivity (Wildman–Crippen MR) is 116 cm³/mol. The van der Waals surface area contributed by atoms with Gasteiger partial charge < -0.3 is 16.4 Å². The maximum Gasteiger partial charge on any atom is 0.191 e. The van der Waals surface area contributed by atoms with Gasteiger partial charge in [-0.1, -0.05) is 52.4 Å². The maximum atomic E-state index is 6.39. The minimum atomic E-state index is 0.341. The Bertz CT molecular complexity index is 475. The van der Waals surface area contributed by atoms with E-state index in [0.717, 1.165) is 18.8 Å². The first-order valence-corrected chi connectivity index (χ1v) is 11.8. The van der Waals surface area contributed by atoms with Crippen LogP contribution in [0, 0.1) is 11.3 Å². The fraction of sp³-hybridized carbons (Fsp3) is 0.957. The third-order valence-corrected chi connectivity index (χ3v) is 7.14. The van der Waals surface area contributed by atoms with Crippen LogP contribution in [0.2, 0.25) is 0 Å². The number of nitrogens with one attached hydrogen (secondary N) is 2. The van der Waals surface area contributed by atoms with Crippen LogP contribution >= 0.6 is 0 Å². The Morgan fingerprint density at radius 3 is 2.22 bits per heavy atom. The molecule has 3 aliphatic carbocycles. The lowest BCUT2D eigenvalue weighted by Gasteiger charge is -2.42. The molecular formula is C23H44N4. The molecule has 3 fully saturated rings. The molecule has 0 aliphatic heterocycles. The van der Waals surface area contributed by atoms with Crippen LogP contribution in [0.15, 0.2) is 4.99 Å². The average Bonchev–Trinajstić information content (AvgIpc) is 2.61. The van der Waals surface area contributed by atoms with Crippen molar-refractivity contribution in [2.24, 2.45) is 22.1 Å². The molecule has 3 aliphatic rings. The summed E-state index contributed by atoms with van der Waals surface area (Å²) < 4.78 is 0. The largest absolute Gasteiger partial charge is 0.354 e. The molecular weight excluding hydrogens is 332 g/mol. The summed E-state index contributed by atoms with van der Waals surface area (Å²) in [5.74, 6) is 1.71. The fourth-order valence-electron chi connectivity index (χ4n) is 5.72. The molecule has 3 rings (SSSR count). The number of aliphatic imine (C=N–C) groups is 1. The lowest BCUT2D eigenvalue weighted by molar-refractivity contribution is 0.140.